The number of benzene rings is 1. The SMILES string of the molecule is CCNS(=O)(=O)Nc1cc(C(=N)N)ccc1C. The molecule has 17 heavy (non-hydrogen) atoms. The molecule has 0 aromatic heterocycles. The second-order valence-corrected chi connectivity index (χ2v) is 5.05. The first kappa shape index (κ1) is 13.5. The van der Waals surface area contributed by atoms with Crippen LogP contribution in [0.25, 0.3) is 0 Å². The van der Waals surface area contributed by atoms with Gasteiger partial charge in [0.05, 0.1) is 5.69 Å². The molecule has 0 heterocycles. The summed E-state index contributed by atoms with van der Waals surface area (Å²) in [5.74, 6) is -0.103. The van der Waals surface area contributed by atoms with E-state index in [1.165, 1.54) is 6.07 Å². The molecular weight excluding hydrogens is 240 g/mol. The molecule has 0 saturated heterocycles. The third-order valence-electron chi connectivity index (χ3n) is 2.13. The van der Waals surface area contributed by atoms with Crippen LogP contribution in [0.1, 0.15) is 18.1 Å². The molecule has 0 atom stereocenters. The van der Waals surface area contributed by atoms with Gasteiger partial charge in [-0.25, -0.2) is 0 Å². The van der Waals surface area contributed by atoms with Crippen LogP contribution in [0.15, 0.2) is 18.2 Å². The lowest BCUT2D eigenvalue weighted by molar-refractivity contribution is 0.589. The molecule has 0 spiro atoms. The van der Waals surface area contributed by atoms with Crippen LogP contribution in [0.5, 0.6) is 0 Å². The predicted molar refractivity (Wildman–Crippen MR) is 68.4 cm³/mol. The minimum atomic E-state index is -3.56. The molecule has 0 aliphatic rings. The van der Waals surface area contributed by atoms with Gasteiger partial charge in [0.25, 0.3) is 10.2 Å². The van der Waals surface area contributed by atoms with Gasteiger partial charge in [-0.2, -0.15) is 13.1 Å². The van der Waals surface area contributed by atoms with E-state index in [-0.39, 0.29) is 5.84 Å². The average molecular weight is 256 g/mol. The zero-order valence-electron chi connectivity index (χ0n) is 9.74. The molecule has 0 saturated carbocycles. The second kappa shape index (κ2) is 5.15. The van der Waals surface area contributed by atoms with Crippen molar-refractivity contribution in [2.75, 3.05) is 11.3 Å². The highest BCUT2D eigenvalue weighted by atomic mass is 32.2. The summed E-state index contributed by atoms with van der Waals surface area (Å²) >= 11 is 0. The molecule has 1 rings (SSSR count). The molecule has 6 nitrogen and oxygen atoms in total. The van der Waals surface area contributed by atoms with Gasteiger partial charge in [0, 0.05) is 12.1 Å². The average Bonchev–Trinajstić information content (AvgIpc) is 2.20. The Labute approximate surface area is 101 Å². The summed E-state index contributed by atoms with van der Waals surface area (Å²) in [5.41, 5.74) is 7.00. The minimum Gasteiger partial charge on any atom is -0.384 e. The van der Waals surface area contributed by atoms with E-state index in [0.717, 1.165) is 5.56 Å². The summed E-state index contributed by atoms with van der Waals surface area (Å²) in [7, 11) is -3.56. The van der Waals surface area contributed by atoms with Gasteiger partial charge < -0.3 is 5.73 Å². The van der Waals surface area contributed by atoms with E-state index >= 15 is 0 Å². The Morgan fingerprint density at radius 2 is 2.12 bits per heavy atom. The van der Waals surface area contributed by atoms with Crippen molar-refractivity contribution in [1.82, 2.24) is 4.72 Å². The van der Waals surface area contributed by atoms with Crippen molar-refractivity contribution >= 4 is 21.7 Å². The van der Waals surface area contributed by atoms with Crippen LogP contribution < -0.4 is 15.2 Å². The summed E-state index contributed by atoms with van der Waals surface area (Å²) in [4.78, 5) is 0. The van der Waals surface area contributed by atoms with Crippen molar-refractivity contribution in [1.29, 1.82) is 5.41 Å². The number of nitrogen functional groups attached to an aromatic ring is 1. The number of nitrogens with one attached hydrogen (secondary N) is 3. The number of anilines is 1. The van der Waals surface area contributed by atoms with Gasteiger partial charge in [0.15, 0.2) is 0 Å². The highest BCUT2D eigenvalue weighted by Gasteiger charge is 2.10. The normalized spacial score (nSPS) is 11.2. The molecule has 0 amide bonds. The first-order chi connectivity index (χ1) is 7.85. The predicted octanol–water partition coefficient (Wildman–Crippen LogP) is 0.545. The van der Waals surface area contributed by atoms with Gasteiger partial charge >= 0.3 is 0 Å². The summed E-state index contributed by atoms with van der Waals surface area (Å²) in [5, 5.41) is 7.30. The maximum Gasteiger partial charge on any atom is 0.299 e. The van der Waals surface area contributed by atoms with Gasteiger partial charge in [-0.15, -0.1) is 0 Å². The lowest BCUT2D eigenvalue weighted by Crippen LogP contribution is -2.30. The van der Waals surface area contributed by atoms with Gasteiger partial charge in [-0.1, -0.05) is 19.1 Å². The number of nitrogens with two attached hydrogens (primary N) is 1. The summed E-state index contributed by atoms with van der Waals surface area (Å²) in [6.07, 6.45) is 0. The summed E-state index contributed by atoms with van der Waals surface area (Å²) in [6, 6.07) is 4.91. The highest BCUT2D eigenvalue weighted by molar-refractivity contribution is 7.90. The smallest absolute Gasteiger partial charge is 0.299 e. The van der Waals surface area contributed by atoms with E-state index in [1.54, 1.807) is 26.0 Å². The molecule has 1 aromatic carbocycles. The van der Waals surface area contributed by atoms with Crippen LogP contribution >= 0.6 is 0 Å². The van der Waals surface area contributed by atoms with Gasteiger partial charge in [-0.05, 0) is 18.6 Å². The third-order valence-corrected chi connectivity index (χ3v) is 3.28. The van der Waals surface area contributed by atoms with Crippen LogP contribution in [0.4, 0.5) is 5.69 Å². The fourth-order valence-electron chi connectivity index (χ4n) is 1.27. The first-order valence-corrected chi connectivity index (χ1v) is 6.56. The lowest BCUT2D eigenvalue weighted by Gasteiger charge is -2.11. The molecule has 0 bridgehead atoms. The monoisotopic (exact) mass is 256 g/mol. The molecule has 0 aliphatic heterocycles. The molecule has 94 valence electrons. The molecule has 5 N–H and O–H groups in total. The number of hydrogen-bond donors (Lipinski definition) is 4. The van der Waals surface area contributed by atoms with Gasteiger partial charge in [0.2, 0.25) is 0 Å². The van der Waals surface area contributed by atoms with Crippen LogP contribution in [-0.4, -0.2) is 20.8 Å². The first-order valence-electron chi connectivity index (χ1n) is 5.08. The van der Waals surface area contributed by atoms with E-state index in [2.05, 4.69) is 9.44 Å². The van der Waals surface area contributed by atoms with Crippen LogP contribution in [0, 0.1) is 12.3 Å². The topological polar surface area (TPSA) is 108 Å². The Bertz CT molecular complexity index is 525. The van der Waals surface area contributed by atoms with Crippen molar-refractivity contribution in [3.8, 4) is 0 Å². The fraction of sp³-hybridized carbons (Fsp3) is 0.300. The maximum absolute atomic E-state index is 11.5. The standard InChI is InChI=1S/C10H16N4O2S/c1-3-13-17(15,16)14-9-6-8(10(11)12)5-4-7(9)2/h4-6,13-14H,3H2,1-2H3,(H3,11,12). The number of rotatable bonds is 5. The van der Waals surface area contributed by atoms with Crippen LogP contribution in [0.3, 0.4) is 0 Å². The Hall–Kier alpha value is -1.60. The number of hydrogen-bond acceptors (Lipinski definition) is 3. The minimum absolute atomic E-state index is 0.103. The highest BCUT2D eigenvalue weighted by Crippen LogP contribution is 2.17. The maximum atomic E-state index is 11.5. The molecule has 0 unspecified atom stereocenters. The lowest BCUT2D eigenvalue weighted by atomic mass is 10.1. The quantitative estimate of drug-likeness (QED) is 0.456. The Morgan fingerprint density at radius 3 is 2.65 bits per heavy atom. The van der Waals surface area contributed by atoms with E-state index in [0.29, 0.717) is 17.8 Å². The number of aryl methyl sites for hydroxylation is 1. The van der Waals surface area contributed by atoms with Crippen LogP contribution in [0.2, 0.25) is 0 Å². The molecule has 7 heteroatoms. The van der Waals surface area contributed by atoms with E-state index < -0.39 is 10.2 Å². The third kappa shape index (κ3) is 3.72. The molecule has 0 radical (unpaired) electrons. The largest absolute Gasteiger partial charge is 0.384 e. The molecule has 0 fully saturated rings. The second-order valence-electron chi connectivity index (χ2n) is 3.55. The zero-order valence-corrected chi connectivity index (χ0v) is 10.6. The molecular formula is C10H16N4O2S. The molecule has 1 aromatic rings. The zero-order chi connectivity index (χ0) is 13.1. The van der Waals surface area contributed by atoms with Crippen molar-refractivity contribution in [2.45, 2.75) is 13.8 Å². The van der Waals surface area contributed by atoms with E-state index in [9.17, 15) is 8.42 Å². The fourth-order valence-corrected chi connectivity index (χ4v) is 2.23. The molecule has 0 aliphatic carbocycles. The van der Waals surface area contributed by atoms with Crippen molar-refractivity contribution in [3.63, 3.8) is 0 Å². The van der Waals surface area contributed by atoms with Gasteiger partial charge in [-0.3, -0.25) is 10.1 Å². The Morgan fingerprint density at radius 1 is 1.47 bits per heavy atom. The van der Waals surface area contributed by atoms with Crippen molar-refractivity contribution < 1.29 is 8.42 Å². The van der Waals surface area contributed by atoms with E-state index in [4.69, 9.17) is 11.1 Å². The number of amidine groups is 1. The van der Waals surface area contributed by atoms with Gasteiger partial charge in [0.1, 0.15) is 5.84 Å². The van der Waals surface area contributed by atoms with Crippen LogP contribution in [-0.2, 0) is 10.2 Å². The van der Waals surface area contributed by atoms with Crippen molar-refractivity contribution in [2.24, 2.45) is 5.73 Å². The summed E-state index contributed by atoms with van der Waals surface area (Å²) in [6.45, 7) is 3.77. The Kier molecular flexibility index (Phi) is 4.08. The van der Waals surface area contributed by atoms with Crippen molar-refractivity contribution in [3.05, 3.63) is 29.3 Å². The summed E-state index contributed by atoms with van der Waals surface area (Å²) < 4.78 is 27.8. The Balaban J connectivity index is 3.06. The van der Waals surface area contributed by atoms with E-state index in [1.807, 2.05) is 0 Å².